The molecular formula is C19H19N3O. The van der Waals surface area contributed by atoms with E-state index in [9.17, 15) is 4.79 Å². The number of nitrogens with two attached hydrogens (primary N) is 1. The van der Waals surface area contributed by atoms with Crippen molar-refractivity contribution in [2.24, 2.45) is 5.73 Å². The highest BCUT2D eigenvalue weighted by Crippen LogP contribution is 2.21. The molecule has 23 heavy (non-hydrogen) atoms. The second-order valence-corrected chi connectivity index (χ2v) is 5.57. The smallest absolute Gasteiger partial charge is 0.252 e. The molecule has 116 valence electrons. The first-order valence-corrected chi connectivity index (χ1v) is 7.58. The van der Waals surface area contributed by atoms with Crippen molar-refractivity contribution in [3.05, 3.63) is 72.1 Å². The van der Waals surface area contributed by atoms with E-state index in [0.29, 0.717) is 5.56 Å². The number of nitrogens with zero attached hydrogens (tertiary/aromatic N) is 2. The number of amides is 1. The third-order valence-electron chi connectivity index (χ3n) is 4.07. The average molecular weight is 305 g/mol. The molecule has 4 heteroatoms. The van der Waals surface area contributed by atoms with Crippen molar-refractivity contribution in [2.75, 3.05) is 18.5 Å². The Morgan fingerprint density at radius 3 is 2.74 bits per heavy atom. The molecule has 0 bridgehead atoms. The quantitative estimate of drug-likeness (QED) is 0.788. The monoisotopic (exact) mass is 305 g/mol. The van der Waals surface area contributed by atoms with Crippen LogP contribution in [0, 0.1) is 0 Å². The maximum absolute atomic E-state index is 11.5. The zero-order valence-electron chi connectivity index (χ0n) is 13.1. The summed E-state index contributed by atoms with van der Waals surface area (Å²) in [6, 6.07) is 16.6. The van der Waals surface area contributed by atoms with Crippen LogP contribution < -0.4 is 10.6 Å². The summed E-state index contributed by atoms with van der Waals surface area (Å²) in [6.45, 7) is 0.790. The van der Waals surface area contributed by atoms with Crippen LogP contribution in [-0.4, -0.2) is 24.5 Å². The zero-order valence-corrected chi connectivity index (χ0v) is 13.1. The van der Waals surface area contributed by atoms with Gasteiger partial charge in [-0.2, -0.15) is 0 Å². The van der Waals surface area contributed by atoms with Gasteiger partial charge in [-0.15, -0.1) is 0 Å². The van der Waals surface area contributed by atoms with Gasteiger partial charge in [-0.3, -0.25) is 9.78 Å². The number of likely N-dealkylation sites (N-methyl/N-ethyl adjacent to an activating group) is 1. The summed E-state index contributed by atoms with van der Waals surface area (Å²) in [5.74, 6) is -0.454. The van der Waals surface area contributed by atoms with Crippen molar-refractivity contribution >= 4 is 22.4 Å². The molecule has 0 radical (unpaired) electrons. The van der Waals surface area contributed by atoms with Crippen molar-refractivity contribution in [2.45, 2.75) is 6.42 Å². The molecule has 0 aliphatic carbocycles. The predicted octanol–water partition coefficient (Wildman–Crippen LogP) is 3.01. The number of aromatic nitrogens is 1. The molecule has 2 N–H and O–H groups in total. The maximum atomic E-state index is 11.5. The molecule has 4 nitrogen and oxygen atoms in total. The number of rotatable bonds is 5. The molecule has 3 aromatic rings. The van der Waals surface area contributed by atoms with Crippen molar-refractivity contribution in [1.29, 1.82) is 0 Å². The molecule has 0 aliphatic heterocycles. The van der Waals surface area contributed by atoms with E-state index in [1.54, 1.807) is 6.20 Å². The molecule has 1 aromatic heterocycles. The molecule has 1 amide bonds. The lowest BCUT2D eigenvalue weighted by molar-refractivity contribution is 0.100. The van der Waals surface area contributed by atoms with Crippen LogP contribution in [-0.2, 0) is 6.42 Å². The van der Waals surface area contributed by atoms with Crippen LogP contribution in [0.1, 0.15) is 15.9 Å². The first-order chi connectivity index (χ1) is 11.2. The predicted molar refractivity (Wildman–Crippen MR) is 93.7 cm³/mol. The first-order valence-electron chi connectivity index (χ1n) is 7.58. The highest BCUT2D eigenvalue weighted by molar-refractivity contribution is 5.98. The summed E-state index contributed by atoms with van der Waals surface area (Å²) < 4.78 is 0. The van der Waals surface area contributed by atoms with E-state index >= 15 is 0 Å². The fourth-order valence-electron chi connectivity index (χ4n) is 2.83. The molecule has 0 spiro atoms. The lowest BCUT2D eigenvalue weighted by atomic mass is 10.0. The second kappa shape index (κ2) is 6.48. The summed E-state index contributed by atoms with van der Waals surface area (Å²) in [5, 5.41) is 2.52. The first kappa shape index (κ1) is 15.0. The molecule has 0 fully saturated rings. The average Bonchev–Trinajstić information content (AvgIpc) is 2.59. The Kier molecular flexibility index (Phi) is 4.24. The summed E-state index contributed by atoms with van der Waals surface area (Å²) in [4.78, 5) is 17.6. The third-order valence-corrected chi connectivity index (χ3v) is 4.07. The molecular weight excluding hydrogens is 286 g/mol. The minimum absolute atomic E-state index is 0.452. The minimum atomic E-state index is -0.454. The second-order valence-electron chi connectivity index (χ2n) is 5.57. The Labute approximate surface area is 135 Å². The van der Waals surface area contributed by atoms with Crippen LogP contribution in [0.2, 0.25) is 0 Å². The molecule has 0 saturated heterocycles. The summed E-state index contributed by atoms with van der Waals surface area (Å²) in [5.41, 5.74) is 7.99. The highest BCUT2D eigenvalue weighted by Gasteiger charge is 2.12. The lowest BCUT2D eigenvalue weighted by Crippen LogP contribution is -2.24. The van der Waals surface area contributed by atoms with E-state index in [2.05, 4.69) is 41.4 Å². The largest absolute Gasteiger partial charge is 0.374 e. The van der Waals surface area contributed by atoms with Gasteiger partial charge in [0.1, 0.15) is 0 Å². The van der Waals surface area contributed by atoms with Gasteiger partial charge in [0, 0.05) is 26.0 Å². The minimum Gasteiger partial charge on any atom is -0.374 e. The van der Waals surface area contributed by atoms with E-state index in [-0.39, 0.29) is 0 Å². The van der Waals surface area contributed by atoms with Gasteiger partial charge in [0.2, 0.25) is 0 Å². The lowest BCUT2D eigenvalue weighted by Gasteiger charge is -2.21. The van der Waals surface area contributed by atoms with E-state index in [1.807, 2.05) is 24.1 Å². The van der Waals surface area contributed by atoms with Crippen molar-refractivity contribution < 1.29 is 4.79 Å². The van der Waals surface area contributed by atoms with Crippen LogP contribution in [0.4, 0.5) is 5.69 Å². The van der Waals surface area contributed by atoms with Gasteiger partial charge in [0.05, 0.1) is 11.3 Å². The molecule has 1 heterocycles. The number of anilines is 1. The van der Waals surface area contributed by atoms with Crippen LogP contribution >= 0.6 is 0 Å². The number of carbonyl (C=O) groups is 1. The number of benzene rings is 2. The standard InChI is InChI=1S/C19H19N3O/c1-22(18-9-11-21-13-17(18)19(20)23)12-10-15-7-4-6-14-5-2-3-8-16(14)15/h2-9,11,13H,10,12H2,1H3,(H2,20,23). The highest BCUT2D eigenvalue weighted by atomic mass is 16.1. The molecule has 2 aromatic carbocycles. The van der Waals surface area contributed by atoms with E-state index < -0.39 is 5.91 Å². The van der Waals surface area contributed by atoms with Crippen LogP contribution in [0.15, 0.2) is 60.9 Å². The molecule has 3 rings (SSSR count). The molecule has 0 atom stereocenters. The number of hydrogen-bond acceptors (Lipinski definition) is 3. The molecule has 0 saturated carbocycles. The van der Waals surface area contributed by atoms with Crippen LogP contribution in [0.25, 0.3) is 10.8 Å². The van der Waals surface area contributed by atoms with Crippen molar-refractivity contribution in [3.8, 4) is 0 Å². The third kappa shape index (κ3) is 3.16. The van der Waals surface area contributed by atoms with Crippen molar-refractivity contribution in [1.82, 2.24) is 4.98 Å². The summed E-state index contributed by atoms with van der Waals surface area (Å²) >= 11 is 0. The number of hydrogen-bond donors (Lipinski definition) is 1. The SMILES string of the molecule is CN(CCc1cccc2ccccc12)c1ccncc1C(N)=O. The molecule has 0 unspecified atom stereocenters. The van der Waals surface area contributed by atoms with Gasteiger partial charge >= 0.3 is 0 Å². The zero-order chi connectivity index (χ0) is 16.2. The van der Waals surface area contributed by atoms with Gasteiger partial charge < -0.3 is 10.6 Å². The van der Waals surface area contributed by atoms with E-state index in [4.69, 9.17) is 5.73 Å². The fourth-order valence-corrected chi connectivity index (χ4v) is 2.83. The summed E-state index contributed by atoms with van der Waals surface area (Å²) in [6.07, 6.45) is 4.08. The number of carbonyl (C=O) groups excluding carboxylic acids is 1. The van der Waals surface area contributed by atoms with Gasteiger partial charge in [0.25, 0.3) is 5.91 Å². The van der Waals surface area contributed by atoms with Crippen LogP contribution in [0.5, 0.6) is 0 Å². The van der Waals surface area contributed by atoms with E-state index in [1.165, 1.54) is 22.5 Å². The summed E-state index contributed by atoms with van der Waals surface area (Å²) in [7, 11) is 1.97. The fraction of sp³-hybridized carbons (Fsp3) is 0.158. The van der Waals surface area contributed by atoms with Gasteiger partial charge in [-0.25, -0.2) is 0 Å². The Morgan fingerprint density at radius 1 is 1.13 bits per heavy atom. The van der Waals surface area contributed by atoms with Gasteiger partial charge in [-0.05, 0) is 28.8 Å². The maximum Gasteiger partial charge on any atom is 0.252 e. The Bertz CT molecular complexity index is 839. The van der Waals surface area contributed by atoms with Crippen molar-refractivity contribution in [3.63, 3.8) is 0 Å². The number of fused-ring (bicyclic) bond motifs is 1. The normalized spacial score (nSPS) is 10.7. The Morgan fingerprint density at radius 2 is 1.91 bits per heavy atom. The topological polar surface area (TPSA) is 59.2 Å². The number of pyridine rings is 1. The van der Waals surface area contributed by atoms with Gasteiger partial charge in [0.15, 0.2) is 0 Å². The van der Waals surface area contributed by atoms with E-state index in [0.717, 1.165) is 18.7 Å². The van der Waals surface area contributed by atoms with Gasteiger partial charge in [-0.1, -0.05) is 42.5 Å². The Balaban J connectivity index is 1.81. The molecule has 0 aliphatic rings. The number of primary amides is 1. The van der Waals surface area contributed by atoms with Crippen LogP contribution in [0.3, 0.4) is 0 Å². The Hall–Kier alpha value is -2.88.